The largest absolute Gasteiger partial charge is 0.483 e. The highest BCUT2D eigenvalue weighted by atomic mass is 79.9. The number of ether oxygens (including phenoxy) is 1. The molecule has 188 valence electrons. The molecule has 1 fully saturated rings. The van der Waals surface area contributed by atoms with Crippen molar-refractivity contribution in [1.29, 1.82) is 0 Å². The number of anilines is 1. The molecule has 3 aromatic carbocycles. The zero-order valence-electron chi connectivity index (χ0n) is 20.3. The van der Waals surface area contributed by atoms with Gasteiger partial charge in [-0.2, -0.15) is 9.78 Å². The molecule has 37 heavy (non-hydrogen) atoms. The molecule has 1 heterocycles. The molecule has 0 atom stereocenters. The Bertz CT molecular complexity index is 1490. The van der Waals surface area contributed by atoms with Gasteiger partial charge in [0.2, 0.25) is 0 Å². The highest BCUT2D eigenvalue weighted by Gasteiger charge is 2.22. The third kappa shape index (κ3) is 5.97. The molecule has 1 N–H and O–H groups in total. The standard InChI is InChI=1S/C29H27BrN4O3/c30-22-15-16-26(37-19-27(35)32-23-11-5-2-6-12-23)21(17-22)18-31-34-28(20-9-3-1-4-10-20)33-25-14-8-7-13-24(25)29(34)36/h2,5-8,11-18,20H,1,3-4,9-10,19H2,(H,32,35). The Labute approximate surface area is 223 Å². The van der Waals surface area contributed by atoms with E-state index in [1.807, 2.05) is 60.7 Å². The van der Waals surface area contributed by atoms with Crippen LogP contribution in [0.1, 0.15) is 49.4 Å². The molecule has 0 unspecified atom stereocenters. The van der Waals surface area contributed by atoms with Gasteiger partial charge in [-0.3, -0.25) is 9.59 Å². The number of rotatable bonds is 7. The number of hydrogen-bond acceptors (Lipinski definition) is 5. The summed E-state index contributed by atoms with van der Waals surface area (Å²) in [5.41, 5.74) is 1.83. The summed E-state index contributed by atoms with van der Waals surface area (Å²) in [6.07, 6.45) is 7.01. The first-order valence-electron chi connectivity index (χ1n) is 12.4. The van der Waals surface area contributed by atoms with Crippen molar-refractivity contribution in [2.24, 2.45) is 5.10 Å². The van der Waals surface area contributed by atoms with Gasteiger partial charge in [0.1, 0.15) is 11.6 Å². The lowest BCUT2D eigenvalue weighted by Gasteiger charge is -2.22. The first-order valence-corrected chi connectivity index (χ1v) is 13.2. The fourth-order valence-electron chi connectivity index (χ4n) is 4.61. The summed E-state index contributed by atoms with van der Waals surface area (Å²) in [5, 5.41) is 7.95. The lowest BCUT2D eigenvalue weighted by molar-refractivity contribution is -0.118. The SMILES string of the molecule is O=C(COc1ccc(Br)cc1C=Nn1c(C2CCCCC2)nc2ccccc2c1=O)Nc1ccccc1. The molecule has 1 aromatic heterocycles. The Morgan fingerprint density at radius 2 is 1.81 bits per heavy atom. The van der Waals surface area contributed by atoms with E-state index in [2.05, 4.69) is 26.3 Å². The maximum absolute atomic E-state index is 13.5. The molecule has 4 aromatic rings. The number of halogens is 1. The van der Waals surface area contributed by atoms with Gasteiger partial charge >= 0.3 is 0 Å². The summed E-state index contributed by atoms with van der Waals surface area (Å²) in [4.78, 5) is 30.7. The van der Waals surface area contributed by atoms with E-state index in [4.69, 9.17) is 9.72 Å². The molecule has 0 spiro atoms. The third-order valence-electron chi connectivity index (χ3n) is 6.45. The zero-order valence-corrected chi connectivity index (χ0v) is 21.9. The second kappa shape index (κ2) is 11.5. The highest BCUT2D eigenvalue weighted by Crippen LogP contribution is 2.32. The van der Waals surface area contributed by atoms with Gasteiger partial charge < -0.3 is 10.1 Å². The zero-order chi connectivity index (χ0) is 25.6. The minimum Gasteiger partial charge on any atom is -0.483 e. The molecular weight excluding hydrogens is 532 g/mol. The van der Waals surface area contributed by atoms with E-state index in [1.54, 1.807) is 18.3 Å². The molecule has 1 saturated carbocycles. The van der Waals surface area contributed by atoms with Crippen molar-refractivity contribution in [3.63, 3.8) is 0 Å². The lowest BCUT2D eigenvalue weighted by atomic mass is 9.88. The molecule has 0 bridgehead atoms. The van der Waals surface area contributed by atoms with Crippen molar-refractivity contribution >= 4 is 44.6 Å². The van der Waals surface area contributed by atoms with Crippen LogP contribution in [0.3, 0.4) is 0 Å². The van der Waals surface area contributed by atoms with Gasteiger partial charge in [0.25, 0.3) is 11.5 Å². The summed E-state index contributed by atoms with van der Waals surface area (Å²) in [6.45, 7) is -0.165. The molecular formula is C29H27BrN4O3. The Morgan fingerprint density at radius 1 is 1.05 bits per heavy atom. The van der Waals surface area contributed by atoms with Gasteiger partial charge in [-0.1, -0.05) is 65.5 Å². The summed E-state index contributed by atoms with van der Waals surface area (Å²) in [5.74, 6) is 1.09. The maximum atomic E-state index is 13.5. The van der Waals surface area contributed by atoms with Crippen LogP contribution in [-0.2, 0) is 4.79 Å². The monoisotopic (exact) mass is 558 g/mol. The predicted octanol–water partition coefficient (Wildman–Crippen LogP) is 6.11. The Balaban J connectivity index is 1.44. The summed E-state index contributed by atoms with van der Waals surface area (Å²) < 4.78 is 8.10. The van der Waals surface area contributed by atoms with Crippen LogP contribution in [0.4, 0.5) is 5.69 Å². The van der Waals surface area contributed by atoms with E-state index in [-0.39, 0.29) is 24.0 Å². The van der Waals surface area contributed by atoms with Crippen molar-refractivity contribution in [3.8, 4) is 5.75 Å². The van der Waals surface area contributed by atoms with Gasteiger partial charge in [-0.05, 0) is 55.3 Å². The van der Waals surface area contributed by atoms with Crippen molar-refractivity contribution in [1.82, 2.24) is 9.66 Å². The topological polar surface area (TPSA) is 85.6 Å². The quantitative estimate of drug-likeness (QED) is 0.277. The van der Waals surface area contributed by atoms with Crippen LogP contribution in [0.5, 0.6) is 5.75 Å². The fraction of sp³-hybridized carbons (Fsp3) is 0.241. The smallest absolute Gasteiger partial charge is 0.282 e. The minimum atomic E-state index is -0.272. The van der Waals surface area contributed by atoms with Crippen molar-refractivity contribution in [2.75, 3.05) is 11.9 Å². The van der Waals surface area contributed by atoms with Gasteiger partial charge in [0, 0.05) is 21.6 Å². The van der Waals surface area contributed by atoms with Gasteiger partial charge in [-0.15, -0.1) is 0 Å². The summed E-state index contributed by atoms with van der Waals surface area (Å²) >= 11 is 3.49. The van der Waals surface area contributed by atoms with E-state index in [0.29, 0.717) is 33.7 Å². The van der Waals surface area contributed by atoms with E-state index < -0.39 is 0 Å². The summed E-state index contributed by atoms with van der Waals surface area (Å²) in [7, 11) is 0. The molecule has 7 nitrogen and oxygen atoms in total. The second-order valence-electron chi connectivity index (χ2n) is 9.07. The van der Waals surface area contributed by atoms with Crippen molar-refractivity contribution in [3.05, 3.63) is 99.0 Å². The first-order chi connectivity index (χ1) is 18.1. The maximum Gasteiger partial charge on any atom is 0.282 e. The van der Waals surface area contributed by atoms with Crippen LogP contribution < -0.4 is 15.6 Å². The molecule has 0 radical (unpaired) electrons. The number of nitrogens with zero attached hydrogens (tertiary/aromatic N) is 3. The number of amides is 1. The van der Waals surface area contributed by atoms with E-state index in [9.17, 15) is 9.59 Å². The van der Waals surface area contributed by atoms with Crippen LogP contribution in [0.15, 0.2) is 87.2 Å². The Morgan fingerprint density at radius 3 is 2.62 bits per heavy atom. The molecule has 0 aliphatic heterocycles. The minimum absolute atomic E-state index is 0.165. The number of nitrogens with one attached hydrogen (secondary N) is 1. The lowest BCUT2D eigenvalue weighted by Crippen LogP contribution is -2.25. The molecule has 1 amide bonds. The number of carbonyl (C=O) groups excluding carboxylic acids is 1. The molecule has 0 saturated heterocycles. The molecule has 8 heteroatoms. The van der Waals surface area contributed by atoms with E-state index in [0.717, 1.165) is 30.2 Å². The Hall–Kier alpha value is -3.78. The number of carbonyl (C=O) groups is 1. The van der Waals surface area contributed by atoms with E-state index >= 15 is 0 Å². The van der Waals surface area contributed by atoms with Gasteiger partial charge in [0.05, 0.1) is 17.1 Å². The normalized spacial score (nSPS) is 14.2. The number of benzene rings is 3. The van der Waals surface area contributed by atoms with Crippen LogP contribution in [0, 0.1) is 0 Å². The van der Waals surface area contributed by atoms with Crippen molar-refractivity contribution in [2.45, 2.75) is 38.0 Å². The molecule has 5 rings (SSSR count). The van der Waals surface area contributed by atoms with Crippen LogP contribution in [-0.4, -0.2) is 28.4 Å². The molecule has 1 aliphatic carbocycles. The third-order valence-corrected chi connectivity index (χ3v) is 6.94. The number of para-hydroxylation sites is 2. The summed E-state index contributed by atoms with van der Waals surface area (Å²) in [6, 6.07) is 22.0. The number of aromatic nitrogens is 2. The number of hydrogen-bond donors (Lipinski definition) is 1. The van der Waals surface area contributed by atoms with Gasteiger partial charge in [0.15, 0.2) is 6.61 Å². The first kappa shape index (κ1) is 24.9. The highest BCUT2D eigenvalue weighted by molar-refractivity contribution is 9.10. The Kier molecular flexibility index (Phi) is 7.75. The van der Waals surface area contributed by atoms with Crippen LogP contribution >= 0.6 is 15.9 Å². The predicted molar refractivity (Wildman–Crippen MR) is 150 cm³/mol. The van der Waals surface area contributed by atoms with Crippen LogP contribution in [0.25, 0.3) is 10.9 Å². The fourth-order valence-corrected chi connectivity index (χ4v) is 4.99. The van der Waals surface area contributed by atoms with Crippen molar-refractivity contribution < 1.29 is 9.53 Å². The van der Waals surface area contributed by atoms with Crippen LogP contribution in [0.2, 0.25) is 0 Å². The second-order valence-corrected chi connectivity index (χ2v) is 9.98. The average molecular weight is 559 g/mol. The van der Waals surface area contributed by atoms with E-state index in [1.165, 1.54) is 11.1 Å². The number of fused-ring (bicyclic) bond motifs is 1. The molecule has 1 aliphatic rings. The van der Waals surface area contributed by atoms with Gasteiger partial charge in [-0.25, -0.2) is 4.98 Å². The average Bonchev–Trinajstić information content (AvgIpc) is 2.93.